The number of nitrogens with one attached hydrogen (secondary N) is 1. The lowest BCUT2D eigenvalue weighted by Crippen LogP contribution is -2.53. The van der Waals surface area contributed by atoms with Gasteiger partial charge in [0.25, 0.3) is 5.91 Å². The van der Waals surface area contributed by atoms with Crippen molar-refractivity contribution < 1.29 is 27.5 Å². The van der Waals surface area contributed by atoms with Crippen LogP contribution < -0.4 is 4.72 Å². The summed E-state index contributed by atoms with van der Waals surface area (Å²) in [6.07, 6.45) is 1.49. The van der Waals surface area contributed by atoms with Crippen LogP contribution in [0.25, 0.3) is 0 Å². The number of methoxy groups -OCH3 is 1. The molecule has 0 aliphatic carbocycles. The topological polar surface area (TPSA) is 110 Å². The molecule has 28 heavy (non-hydrogen) atoms. The van der Waals surface area contributed by atoms with E-state index in [0.29, 0.717) is 36.9 Å². The highest BCUT2D eigenvalue weighted by Gasteiger charge is 2.40. The number of ether oxygens (including phenoxy) is 1. The molecule has 1 saturated heterocycles. The Balaban J connectivity index is 2.12. The van der Waals surface area contributed by atoms with Crippen LogP contribution in [0.5, 0.6) is 0 Å². The Bertz CT molecular complexity index is 850. The Hall–Kier alpha value is -2.42. The zero-order valence-electron chi connectivity index (χ0n) is 16.4. The maximum Gasteiger partial charge on any atom is 0.337 e. The summed E-state index contributed by atoms with van der Waals surface area (Å²) in [7, 11) is -2.39. The molecule has 154 valence electrons. The van der Waals surface area contributed by atoms with Gasteiger partial charge < -0.3 is 9.64 Å². The van der Waals surface area contributed by atoms with Gasteiger partial charge in [0.05, 0.1) is 23.8 Å². The van der Waals surface area contributed by atoms with Crippen molar-refractivity contribution in [1.82, 2.24) is 9.62 Å². The summed E-state index contributed by atoms with van der Waals surface area (Å²) >= 11 is 0. The molecule has 2 rings (SSSR count). The molecular weight excluding hydrogens is 384 g/mol. The molecule has 9 heteroatoms. The predicted octanol–water partition coefficient (Wildman–Crippen LogP) is 1.57. The fraction of sp³-hybridized carbons (Fsp3) is 0.526. The molecular formula is C19H26N2O6S. The second-order valence-electron chi connectivity index (χ2n) is 7.21. The third kappa shape index (κ3) is 5.09. The summed E-state index contributed by atoms with van der Waals surface area (Å²) in [5, 5.41) is 0. The lowest BCUT2D eigenvalue weighted by molar-refractivity contribution is -0.130. The molecule has 1 heterocycles. The summed E-state index contributed by atoms with van der Waals surface area (Å²) in [5.74, 6) is -1.47. The van der Waals surface area contributed by atoms with E-state index in [9.17, 15) is 22.8 Å². The Morgan fingerprint density at radius 2 is 1.79 bits per heavy atom. The van der Waals surface area contributed by atoms with Crippen molar-refractivity contribution in [3.63, 3.8) is 0 Å². The third-order valence-electron chi connectivity index (χ3n) is 4.81. The minimum absolute atomic E-state index is 0.121. The molecule has 8 nitrogen and oxygen atoms in total. The first kappa shape index (κ1) is 21.9. The summed E-state index contributed by atoms with van der Waals surface area (Å²) in [4.78, 5) is 38.4. The highest BCUT2D eigenvalue weighted by Crippen LogP contribution is 2.31. The van der Waals surface area contributed by atoms with E-state index in [1.165, 1.54) is 31.4 Å². The van der Waals surface area contributed by atoms with E-state index >= 15 is 0 Å². The van der Waals surface area contributed by atoms with Gasteiger partial charge in [-0.3, -0.25) is 14.3 Å². The standard InChI is InChI=1S/C19H26N2O6S/c1-4-12-28(25,26)20-18(24)19(2)10-5-11-21(13-19)16(22)14-6-8-15(9-7-14)17(23)27-3/h6-9H,4-5,10-13H2,1-3H3,(H,20,24). The van der Waals surface area contributed by atoms with Crippen molar-refractivity contribution in [2.45, 2.75) is 33.1 Å². The van der Waals surface area contributed by atoms with Gasteiger partial charge in [-0.15, -0.1) is 0 Å². The molecule has 1 aromatic carbocycles. The molecule has 1 aliphatic rings. The van der Waals surface area contributed by atoms with E-state index in [0.717, 1.165) is 0 Å². The SMILES string of the molecule is CCCS(=O)(=O)NC(=O)C1(C)CCCN(C(=O)c2ccc(C(=O)OC)cc2)C1. The quantitative estimate of drug-likeness (QED) is 0.713. The number of piperidine rings is 1. The van der Waals surface area contributed by atoms with Gasteiger partial charge in [0.15, 0.2) is 0 Å². The zero-order chi connectivity index (χ0) is 20.9. The molecule has 0 aromatic heterocycles. The highest BCUT2D eigenvalue weighted by molar-refractivity contribution is 7.90. The lowest BCUT2D eigenvalue weighted by atomic mass is 9.81. The molecule has 0 spiro atoms. The molecule has 1 aromatic rings. The Labute approximate surface area is 165 Å². The van der Waals surface area contributed by atoms with Crippen LogP contribution >= 0.6 is 0 Å². The largest absolute Gasteiger partial charge is 0.465 e. The fourth-order valence-corrected chi connectivity index (χ4v) is 4.40. The molecule has 0 saturated carbocycles. The first-order valence-electron chi connectivity index (χ1n) is 9.14. The first-order chi connectivity index (χ1) is 13.1. The van der Waals surface area contributed by atoms with Gasteiger partial charge in [-0.1, -0.05) is 6.92 Å². The summed E-state index contributed by atoms with van der Waals surface area (Å²) in [6, 6.07) is 6.08. The minimum atomic E-state index is -3.67. The van der Waals surface area contributed by atoms with Crippen LogP contribution in [-0.4, -0.2) is 57.1 Å². The number of benzene rings is 1. The van der Waals surface area contributed by atoms with E-state index in [-0.39, 0.29) is 18.2 Å². The van der Waals surface area contributed by atoms with Gasteiger partial charge >= 0.3 is 5.97 Å². The van der Waals surface area contributed by atoms with E-state index in [2.05, 4.69) is 9.46 Å². The third-order valence-corrected chi connectivity index (χ3v) is 6.25. The van der Waals surface area contributed by atoms with Crippen LogP contribution in [0, 0.1) is 5.41 Å². The Kier molecular flexibility index (Phi) is 6.82. The number of esters is 1. The van der Waals surface area contributed by atoms with Gasteiger partial charge in [0.2, 0.25) is 15.9 Å². The number of carbonyl (C=O) groups excluding carboxylic acids is 3. The van der Waals surface area contributed by atoms with Crippen LogP contribution in [-0.2, 0) is 19.6 Å². The first-order valence-corrected chi connectivity index (χ1v) is 10.8. The average molecular weight is 410 g/mol. The van der Waals surface area contributed by atoms with Gasteiger partial charge in [0, 0.05) is 18.7 Å². The van der Waals surface area contributed by atoms with Crippen molar-refractivity contribution in [2.75, 3.05) is 26.0 Å². The van der Waals surface area contributed by atoms with Gasteiger partial charge in [0.1, 0.15) is 0 Å². The van der Waals surface area contributed by atoms with Crippen LogP contribution in [0.4, 0.5) is 0 Å². The van der Waals surface area contributed by atoms with Crippen molar-refractivity contribution in [1.29, 1.82) is 0 Å². The number of amides is 2. The molecule has 1 N–H and O–H groups in total. The Morgan fingerprint density at radius 3 is 2.36 bits per heavy atom. The zero-order valence-corrected chi connectivity index (χ0v) is 17.2. The monoisotopic (exact) mass is 410 g/mol. The number of carbonyl (C=O) groups is 3. The lowest BCUT2D eigenvalue weighted by Gasteiger charge is -2.39. The molecule has 1 atom stereocenters. The van der Waals surface area contributed by atoms with Crippen LogP contribution in [0.1, 0.15) is 53.8 Å². The maximum atomic E-state index is 12.8. The number of nitrogens with zero attached hydrogens (tertiary/aromatic N) is 1. The molecule has 1 fully saturated rings. The fourth-order valence-electron chi connectivity index (χ4n) is 3.23. The van der Waals surface area contributed by atoms with Gasteiger partial charge in [-0.05, 0) is 50.5 Å². The average Bonchev–Trinajstić information content (AvgIpc) is 2.66. The number of rotatable bonds is 6. The van der Waals surface area contributed by atoms with Crippen molar-refractivity contribution in [2.24, 2.45) is 5.41 Å². The number of hydrogen-bond donors (Lipinski definition) is 1. The number of likely N-dealkylation sites (tertiary alicyclic amines) is 1. The Morgan fingerprint density at radius 1 is 1.18 bits per heavy atom. The van der Waals surface area contributed by atoms with E-state index in [1.54, 1.807) is 18.7 Å². The smallest absolute Gasteiger partial charge is 0.337 e. The second-order valence-corrected chi connectivity index (χ2v) is 9.05. The van der Waals surface area contributed by atoms with Gasteiger partial charge in [-0.2, -0.15) is 0 Å². The molecule has 2 amide bonds. The maximum absolute atomic E-state index is 12.8. The van der Waals surface area contributed by atoms with Crippen molar-refractivity contribution in [3.05, 3.63) is 35.4 Å². The number of sulfonamides is 1. The molecule has 1 aliphatic heterocycles. The van der Waals surface area contributed by atoms with Crippen LogP contribution in [0.2, 0.25) is 0 Å². The normalized spacial score (nSPS) is 19.8. The predicted molar refractivity (Wildman–Crippen MR) is 103 cm³/mol. The minimum Gasteiger partial charge on any atom is -0.465 e. The highest BCUT2D eigenvalue weighted by atomic mass is 32.2. The van der Waals surface area contributed by atoms with Crippen LogP contribution in [0.3, 0.4) is 0 Å². The molecule has 0 radical (unpaired) electrons. The molecule has 0 bridgehead atoms. The summed E-state index contributed by atoms with van der Waals surface area (Å²) in [5.41, 5.74) is -0.264. The van der Waals surface area contributed by atoms with Crippen LogP contribution in [0.15, 0.2) is 24.3 Å². The summed E-state index contributed by atoms with van der Waals surface area (Å²) in [6.45, 7) is 3.99. The number of hydrogen-bond acceptors (Lipinski definition) is 6. The van der Waals surface area contributed by atoms with E-state index < -0.39 is 27.3 Å². The van der Waals surface area contributed by atoms with Crippen molar-refractivity contribution >= 4 is 27.8 Å². The summed E-state index contributed by atoms with van der Waals surface area (Å²) < 4.78 is 30.6. The second kappa shape index (κ2) is 8.72. The van der Waals surface area contributed by atoms with E-state index in [1.807, 2.05) is 0 Å². The van der Waals surface area contributed by atoms with Crippen molar-refractivity contribution in [3.8, 4) is 0 Å². The van der Waals surface area contributed by atoms with Gasteiger partial charge in [-0.25, -0.2) is 13.2 Å². The van der Waals surface area contributed by atoms with E-state index in [4.69, 9.17) is 0 Å². The molecule has 1 unspecified atom stereocenters.